The van der Waals surface area contributed by atoms with E-state index in [0.29, 0.717) is 19.3 Å². The number of aliphatic hydroxyl groups excluding tert-OH is 4. The lowest BCUT2D eigenvalue weighted by Gasteiger charge is -2.50. The van der Waals surface area contributed by atoms with Crippen LogP contribution in [0.3, 0.4) is 0 Å². The number of rotatable bonds is 15. The van der Waals surface area contributed by atoms with E-state index in [9.17, 15) is 39.7 Å². The molecule has 7 rings (SSSR count). The van der Waals surface area contributed by atoms with Crippen molar-refractivity contribution in [2.45, 2.75) is 360 Å². The molecule has 102 heavy (non-hydrogen) atoms. The number of ether oxygens (including phenoxy) is 13. The molecule has 0 saturated carbocycles. The van der Waals surface area contributed by atoms with Crippen molar-refractivity contribution in [3.63, 3.8) is 0 Å². The maximum Gasteiger partial charge on any atom is 0.311 e. The lowest BCUT2D eigenvalue weighted by Crippen LogP contribution is -2.61. The van der Waals surface area contributed by atoms with E-state index in [1.165, 1.54) is 0 Å². The predicted molar refractivity (Wildman–Crippen MR) is 391 cm³/mol. The Bertz CT molecular complexity index is 2670. The first-order valence-corrected chi connectivity index (χ1v) is 39.1. The summed E-state index contributed by atoms with van der Waals surface area (Å²) in [5, 5.41) is 58.7. The molecule has 7 aliphatic rings. The Labute approximate surface area is 617 Å². The van der Waals surface area contributed by atoms with Crippen LogP contribution in [-0.4, -0.2) is 259 Å². The minimum Gasteiger partial charge on any atom is -0.462 e. The lowest BCUT2D eigenvalue weighted by molar-refractivity contribution is -0.319. The van der Waals surface area contributed by atoms with Gasteiger partial charge in [0.25, 0.3) is 0 Å². The van der Waals surface area contributed by atoms with Gasteiger partial charge >= 0.3 is 11.9 Å². The number of hydrogen-bond donors (Lipinski definition) is 5. The number of aliphatic hydroxyl groups is 5. The molecule has 38 atom stereocenters. The van der Waals surface area contributed by atoms with Crippen LogP contribution < -0.4 is 0 Å². The SMILES string of the molecule is COC1(C)CC(OC2[C@H](C)C(OC3O[C@H](C)CC(N(C)C)C3O)C3(C)CC(C)C(O3)[C@H](C)C(O)C(C)(C)C(C)OC(=O)[C@@H]2C)O[C@@H](C)C1O.COC1(C)CC(OC2[C@H](C)C(OC3O[C@H](C)CC(N(C)C)C3OP)C(C)(O)CC(C)C(O)[C@H](C)C(P=O)C(C)(C)C(C)OC(=O)[C@@H]2C)O[C@@H](C)C1OP. The van der Waals surface area contributed by atoms with E-state index >= 15 is 0 Å². The summed E-state index contributed by atoms with van der Waals surface area (Å²) in [6.45, 7) is 41.4. The van der Waals surface area contributed by atoms with Crippen molar-refractivity contribution in [1.82, 2.24) is 9.80 Å². The van der Waals surface area contributed by atoms with Crippen LogP contribution in [0, 0.1) is 58.2 Å². The van der Waals surface area contributed by atoms with E-state index in [2.05, 4.69) is 30.8 Å². The van der Waals surface area contributed by atoms with Crippen LogP contribution in [0.25, 0.3) is 0 Å². The molecule has 0 amide bonds. The molecule has 7 aliphatic heterocycles. The van der Waals surface area contributed by atoms with Crippen LogP contribution in [-0.2, 0) is 84.8 Å². The number of fused-ring (bicyclic) bond motifs is 2. The number of esters is 2. The van der Waals surface area contributed by atoms with Gasteiger partial charge in [0, 0.05) is 86.7 Å². The molecule has 7 saturated heterocycles. The zero-order chi connectivity index (χ0) is 77.3. The van der Waals surface area contributed by atoms with Crippen LogP contribution in [0.2, 0.25) is 0 Å². The first-order valence-electron chi connectivity index (χ1n) is 37.3. The van der Waals surface area contributed by atoms with Crippen LogP contribution in [0.5, 0.6) is 0 Å². The van der Waals surface area contributed by atoms with Crippen molar-refractivity contribution in [1.29, 1.82) is 0 Å². The first kappa shape index (κ1) is 90.0. The summed E-state index contributed by atoms with van der Waals surface area (Å²) in [6.07, 6.45) is -12.1. The Morgan fingerprint density at radius 2 is 0.971 bits per heavy atom. The molecule has 25 nitrogen and oxygen atoms in total. The summed E-state index contributed by atoms with van der Waals surface area (Å²) < 4.78 is 108. The molecule has 0 aromatic carbocycles. The molecule has 2 bridgehead atoms. The maximum absolute atomic E-state index is 14.3. The molecule has 7 heterocycles. The van der Waals surface area contributed by atoms with Crippen molar-refractivity contribution < 1.29 is 110 Å². The van der Waals surface area contributed by atoms with Gasteiger partial charge in [0.05, 0.1) is 107 Å². The van der Waals surface area contributed by atoms with E-state index in [4.69, 9.17) is 70.6 Å². The van der Waals surface area contributed by atoms with Gasteiger partial charge in [0.15, 0.2) is 33.6 Å². The van der Waals surface area contributed by atoms with Gasteiger partial charge in [-0.15, -0.1) is 0 Å². The van der Waals surface area contributed by atoms with E-state index in [1.807, 2.05) is 144 Å². The summed E-state index contributed by atoms with van der Waals surface area (Å²) in [6, 6.07) is -0.260. The highest BCUT2D eigenvalue weighted by atomic mass is 31.1. The van der Waals surface area contributed by atoms with Crippen molar-refractivity contribution >= 4 is 39.3 Å². The smallest absolute Gasteiger partial charge is 0.311 e. The summed E-state index contributed by atoms with van der Waals surface area (Å²) in [5.41, 5.74) is -6.41. The van der Waals surface area contributed by atoms with Crippen LogP contribution in [0.1, 0.15) is 191 Å². The van der Waals surface area contributed by atoms with Crippen LogP contribution >= 0.6 is 27.4 Å². The second kappa shape index (κ2) is 36.1. The molecule has 28 heteroatoms. The third-order valence-electron chi connectivity index (χ3n) is 25.2. The van der Waals surface area contributed by atoms with Crippen LogP contribution in [0.4, 0.5) is 0 Å². The first-order chi connectivity index (χ1) is 47.1. The Balaban J connectivity index is 0.000000322. The minimum absolute atomic E-state index is 0.0541. The van der Waals surface area contributed by atoms with Crippen LogP contribution in [0.15, 0.2) is 0 Å². The van der Waals surface area contributed by atoms with E-state index in [1.54, 1.807) is 48.8 Å². The summed E-state index contributed by atoms with van der Waals surface area (Å²) in [5.74, 6) is -5.07. The number of likely N-dealkylation sites (N-methyl/N-ethyl adjacent to an activating group) is 2. The molecule has 0 spiro atoms. The average Bonchev–Trinajstić information content (AvgIpc) is 1.47. The van der Waals surface area contributed by atoms with Gasteiger partial charge in [-0.3, -0.25) is 14.2 Å². The summed E-state index contributed by atoms with van der Waals surface area (Å²) in [4.78, 5) is 32.4. The molecular weight excluding hydrogens is 1380 g/mol. The number of hydrogen-bond acceptors (Lipinski definition) is 25. The number of nitrogens with zero attached hydrogens (tertiary/aromatic N) is 2. The monoisotopic (exact) mass is 1510 g/mol. The quantitative estimate of drug-likeness (QED) is 0.0755. The van der Waals surface area contributed by atoms with Gasteiger partial charge in [-0.1, -0.05) is 69.2 Å². The molecule has 0 aromatic heterocycles. The minimum atomic E-state index is -1.61. The van der Waals surface area contributed by atoms with Gasteiger partial charge in [0.1, 0.15) is 36.6 Å². The van der Waals surface area contributed by atoms with E-state index < -0.39 is 197 Å². The zero-order valence-electron chi connectivity index (χ0n) is 66.8. The zero-order valence-corrected chi connectivity index (χ0v) is 70.0. The highest BCUT2D eigenvalue weighted by Crippen LogP contribution is 2.51. The summed E-state index contributed by atoms with van der Waals surface area (Å²) in [7, 11) is 15.4. The highest BCUT2D eigenvalue weighted by Gasteiger charge is 2.59. The Kier molecular flexibility index (Phi) is 31.8. The van der Waals surface area contributed by atoms with Gasteiger partial charge in [-0.2, -0.15) is 0 Å². The van der Waals surface area contributed by atoms with Crippen molar-refractivity contribution in [2.75, 3.05) is 42.4 Å². The number of cyclic esters (lactones) is 2. The summed E-state index contributed by atoms with van der Waals surface area (Å²) >= 11 is 0. The molecular formula is C74H137N2O23P3. The fourth-order valence-corrected chi connectivity index (χ4v) is 19.6. The molecule has 7 fully saturated rings. The fraction of sp³-hybridized carbons (Fsp3) is 0.973. The van der Waals surface area contributed by atoms with E-state index in [-0.39, 0.29) is 70.0 Å². The molecule has 5 N–H and O–H groups in total. The van der Waals surface area contributed by atoms with Crippen molar-refractivity contribution in [2.24, 2.45) is 58.2 Å². The Hall–Kier alpha value is -0.900. The van der Waals surface area contributed by atoms with Gasteiger partial charge in [-0.25, -0.2) is 0 Å². The third kappa shape index (κ3) is 19.7. The molecule has 0 aromatic rings. The maximum atomic E-state index is 14.3. The van der Waals surface area contributed by atoms with Crippen molar-refractivity contribution in [3.05, 3.63) is 0 Å². The standard InChI is InChI=1S/C37H70NO12P3.C37H67NO11/c1-18-16-36(10,41)30(48-34-29(49-51)25(38(12)13)15-19(2)44-34)21(4)28(47-26-17-37(11,43-14)31(50-52)23(6)45-26)22(5)33(40)46-24(7)35(8,9)32(53-42)20(3)27(18)39;1-18-16-37(11)32(48-34-27(39)25(38(12)13)15-19(2)44-34)21(4)29(47-26-17-36(10,43-14)31(41)23(6)45-26)22(5)33(42)46-24(7)35(8,9)30(40)20(3)28(18)49-37/h18-32,34,39,41H,15-17,51-52H2,1-14H3;18-32,34,39-41H,15-17H2,1-14H3/t2*18?,19-,20+,21+,22-,23+,24?,25?,26?,27?,28?,29?,30?,31?,32?,34?,36?,37?/m11/s1. The topological polar surface area (TPSA) is 297 Å². The molecule has 596 valence electrons. The van der Waals surface area contributed by atoms with E-state index in [0.717, 1.165) is 0 Å². The fourth-order valence-electron chi connectivity index (χ4n) is 17.9. The van der Waals surface area contributed by atoms with Gasteiger partial charge < -0.3 is 106 Å². The number of carbonyl (C=O) groups excluding carboxylic acids is 2. The lowest BCUT2D eigenvalue weighted by atomic mass is 9.72. The second-order valence-corrected chi connectivity index (χ2v) is 35.8. The Morgan fingerprint density at radius 3 is 1.46 bits per heavy atom. The molecule has 28 unspecified atom stereocenters. The largest absolute Gasteiger partial charge is 0.462 e. The number of carbonyl (C=O) groups is 2. The predicted octanol–water partition coefficient (Wildman–Crippen LogP) is 8.90. The van der Waals surface area contributed by atoms with Crippen molar-refractivity contribution in [3.8, 4) is 0 Å². The third-order valence-corrected chi connectivity index (χ3v) is 27.2. The molecule has 0 aliphatic carbocycles. The van der Waals surface area contributed by atoms with Gasteiger partial charge in [0.2, 0.25) is 0 Å². The highest BCUT2D eigenvalue weighted by molar-refractivity contribution is 7.24. The van der Waals surface area contributed by atoms with Gasteiger partial charge in [-0.05, 0) is 155 Å². The normalized spacial score (nSPS) is 49.6. The Morgan fingerprint density at radius 1 is 0.500 bits per heavy atom. The average molecular weight is 1520 g/mol. The number of methoxy groups -OCH3 is 2. The molecule has 0 radical (unpaired) electrons. The second-order valence-electron chi connectivity index (χ2n) is 34.5.